The quantitative estimate of drug-likeness (QED) is 0.487. The van der Waals surface area contributed by atoms with Crippen LogP contribution in [0.3, 0.4) is 0 Å². The normalized spacial score (nSPS) is 39.1. The van der Waals surface area contributed by atoms with Crippen LogP contribution in [0.2, 0.25) is 0 Å². The van der Waals surface area contributed by atoms with E-state index in [1.807, 2.05) is 0 Å². The first-order chi connectivity index (χ1) is 3.22. The van der Waals surface area contributed by atoms with E-state index >= 15 is 0 Å². The van der Waals surface area contributed by atoms with Crippen molar-refractivity contribution < 1.29 is 12.8 Å². The molecule has 1 rings (SSSR count). The molecule has 0 aromatic heterocycles. The van der Waals surface area contributed by atoms with E-state index in [9.17, 15) is 12.8 Å². The van der Waals surface area contributed by atoms with Crippen LogP contribution in [0.1, 0.15) is 6.42 Å². The van der Waals surface area contributed by atoms with E-state index < -0.39 is 22.1 Å². The number of thiol groups is 1. The number of halogens is 1. The lowest BCUT2D eigenvalue weighted by molar-refractivity contribution is 0.478. The van der Waals surface area contributed by atoms with Crippen LogP contribution >= 0.6 is 0 Å². The molecule has 0 heterocycles. The predicted octanol–water partition coefficient (Wildman–Crippen LogP) is -0.292. The molecule has 0 N–H and O–H groups in total. The van der Waals surface area contributed by atoms with E-state index in [0.717, 1.165) is 0 Å². The lowest BCUT2D eigenvalue weighted by Gasteiger charge is -1.69. The standard InChI is InChI=1S/C3H5FO2S/c4-2-1-3(2)7(5)6/h2-3,7H,1H2. The number of alkyl halides is 1. The van der Waals surface area contributed by atoms with Gasteiger partial charge in [0.05, 0.1) is 5.25 Å². The molecular formula is C3H5FO2S. The van der Waals surface area contributed by atoms with Gasteiger partial charge < -0.3 is 0 Å². The minimum Gasteiger partial charge on any atom is -0.246 e. The van der Waals surface area contributed by atoms with Gasteiger partial charge in [0.1, 0.15) is 16.9 Å². The summed E-state index contributed by atoms with van der Waals surface area (Å²) in [6, 6.07) is 0. The summed E-state index contributed by atoms with van der Waals surface area (Å²) in [5.41, 5.74) is 0. The molecule has 0 saturated heterocycles. The van der Waals surface area contributed by atoms with Gasteiger partial charge in [-0.15, -0.1) is 0 Å². The third-order valence-corrected chi connectivity index (χ3v) is 2.03. The summed E-state index contributed by atoms with van der Waals surface area (Å²) in [5.74, 6) is 0. The zero-order valence-electron chi connectivity index (χ0n) is 3.50. The van der Waals surface area contributed by atoms with Crippen LogP contribution in [0.5, 0.6) is 0 Å². The van der Waals surface area contributed by atoms with Crippen molar-refractivity contribution in [1.82, 2.24) is 0 Å². The van der Waals surface area contributed by atoms with Gasteiger partial charge in [0.2, 0.25) is 0 Å². The van der Waals surface area contributed by atoms with E-state index in [0.29, 0.717) is 0 Å². The molecule has 0 aromatic carbocycles. The van der Waals surface area contributed by atoms with Crippen molar-refractivity contribution in [2.24, 2.45) is 0 Å². The van der Waals surface area contributed by atoms with Gasteiger partial charge in [0, 0.05) is 0 Å². The van der Waals surface area contributed by atoms with Gasteiger partial charge in [-0.05, 0) is 6.42 Å². The summed E-state index contributed by atoms with van der Waals surface area (Å²) >= 11 is 0. The topological polar surface area (TPSA) is 34.1 Å². The Labute approximate surface area is 42.3 Å². The Morgan fingerprint density at radius 3 is 2.00 bits per heavy atom. The summed E-state index contributed by atoms with van der Waals surface area (Å²) in [5, 5.41) is -0.644. The molecule has 42 valence electrons. The van der Waals surface area contributed by atoms with Crippen molar-refractivity contribution in [3.05, 3.63) is 0 Å². The predicted molar refractivity (Wildman–Crippen MR) is 23.6 cm³/mol. The summed E-state index contributed by atoms with van der Waals surface area (Å²) in [6.45, 7) is 0. The van der Waals surface area contributed by atoms with Gasteiger partial charge in [-0.1, -0.05) is 0 Å². The van der Waals surface area contributed by atoms with Gasteiger partial charge in [0.25, 0.3) is 0 Å². The number of hydrogen-bond acceptors (Lipinski definition) is 2. The lowest BCUT2D eigenvalue weighted by Crippen LogP contribution is -1.87. The molecule has 2 nitrogen and oxygen atoms in total. The molecule has 0 radical (unpaired) electrons. The van der Waals surface area contributed by atoms with Crippen molar-refractivity contribution in [1.29, 1.82) is 0 Å². The van der Waals surface area contributed by atoms with Gasteiger partial charge in [0.15, 0.2) is 0 Å². The fraction of sp³-hybridized carbons (Fsp3) is 1.00. The minimum absolute atomic E-state index is 0.221. The maximum absolute atomic E-state index is 11.6. The Bertz CT molecular complexity index is 134. The largest absolute Gasteiger partial charge is 0.246 e. The second-order valence-corrected chi connectivity index (χ2v) is 2.84. The maximum Gasteiger partial charge on any atom is 0.145 e. The van der Waals surface area contributed by atoms with Gasteiger partial charge >= 0.3 is 0 Å². The van der Waals surface area contributed by atoms with E-state index in [4.69, 9.17) is 0 Å². The molecule has 2 atom stereocenters. The highest BCUT2D eigenvalue weighted by molar-refractivity contribution is 7.73. The Balaban J connectivity index is 2.48. The van der Waals surface area contributed by atoms with E-state index in [-0.39, 0.29) is 6.42 Å². The van der Waals surface area contributed by atoms with Gasteiger partial charge in [-0.3, -0.25) is 0 Å². The first-order valence-electron chi connectivity index (χ1n) is 1.99. The highest BCUT2D eigenvalue weighted by Crippen LogP contribution is 2.27. The van der Waals surface area contributed by atoms with Crippen molar-refractivity contribution in [2.75, 3.05) is 0 Å². The maximum atomic E-state index is 11.6. The van der Waals surface area contributed by atoms with Crippen LogP contribution in [0, 0.1) is 0 Å². The molecule has 0 amide bonds. The average molecular weight is 124 g/mol. The average Bonchev–Trinajstić information content (AvgIpc) is 2.17. The van der Waals surface area contributed by atoms with Crippen LogP contribution in [-0.2, 0) is 10.7 Å². The third kappa shape index (κ3) is 0.907. The summed E-state index contributed by atoms with van der Waals surface area (Å²) < 4.78 is 31.2. The Kier molecular flexibility index (Phi) is 1.03. The Morgan fingerprint density at radius 2 is 2.00 bits per heavy atom. The molecule has 0 aliphatic heterocycles. The molecule has 0 bridgehead atoms. The Hall–Kier alpha value is -0.120. The number of rotatable bonds is 1. The van der Waals surface area contributed by atoms with E-state index in [2.05, 4.69) is 0 Å². The summed E-state index contributed by atoms with van der Waals surface area (Å²) in [7, 11) is -2.46. The van der Waals surface area contributed by atoms with E-state index in [1.54, 1.807) is 0 Å². The fourth-order valence-corrected chi connectivity index (χ4v) is 1.01. The molecule has 2 unspecified atom stereocenters. The smallest absolute Gasteiger partial charge is 0.145 e. The Morgan fingerprint density at radius 1 is 1.57 bits per heavy atom. The molecule has 7 heavy (non-hydrogen) atoms. The van der Waals surface area contributed by atoms with E-state index in [1.165, 1.54) is 0 Å². The van der Waals surface area contributed by atoms with Crippen molar-refractivity contribution in [2.45, 2.75) is 17.8 Å². The highest BCUT2D eigenvalue weighted by Gasteiger charge is 2.40. The molecule has 0 aromatic rings. The molecule has 1 aliphatic carbocycles. The second-order valence-electron chi connectivity index (χ2n) is 1.60. The lowest BCUT2D eigenvalue weighted by atomic mass is 10.9. The summed E-state index contributed by atoms with van der Waals surface area (Å²) in [4.78, 5) is 0. The van der Waals surface area contributed by atoms with Crippen LogP contribution < -0.4 is 0 Å². The fourth-order valence-electron chi connectivity index (χ4n) is 0.370. The SMILES string of the molecule is O=[SH](=O)C1CC1F. The first kappa shape index (κ1) is 5.03. The molecule has 1 aliphatic rings. The van der Waals surface area contributed by atoms with Crippen molar-refractivity contribution in [3.63, 3.8) is 0 Å². The monoisotopic (exact) mass is 124 g/mol. The summed E-state index contributed by atoms with van der Waals surface area (Å²) in [6.07, 6.45) is -0.834. The molecule has 4 heteroatoms. The van der Waals surface area contributed by atoms with Gasteiger partial charge in [-0.25, -0.2) is 12.8 Å². The van der Waals surface area contributed by atoms with Crippen LogP contribution in [0.25, 0.3) is 0 Å². The third-order valence-electron chi connectivity index (χ3n) is 0.952. The zero-order chi connectivity index (χ0) is 5.44. The minimum atomic E-state index is -2.46. The van der Waals surface area contributed by atoms with Crippen molar-refractivity contribution >= 4 is 10.7 Å². The van der Waals surface area contributed by atoms with Gasteiger partial charge in [-0.2, -0.15) is 0 Å². The molecular weight excluding hydrogens is 119 g/mol. The van der Waals surface area contributed by atoms with Crippen LogP contribution in [-0.4, -0.2) is 19.8 Å². The van der Waals surface area contributed by atoms with Crippen LogP contribution in [0.15, 0.2) is 0 Å². The highest BCUT2D eigenvalue weighted by atomic mass is 32.2. The van der Waals surface area contributed by atoms with Crippen LogP contribution in [0.4, 0.5) is 4.39 Å². The molecule has 0 spiro atoms. The second kappa shape index (κ2) is 1.43. The number of hydrogen-bond donors (Lipinski definition) is 1. The molecule has 1 fully saturated rings. The zero-order valence-corrected chi connectivity index (χ0v) is 4.40. The van der Waals surface area contributed by atoms with Crippen molar-refractivity contribution in [3.8, 4) is 0 Å². The first-order valence-corrected chi connectivity index (χ1v) is 3.24. The molecule has 1 saturated carbocycles.